The Balaban J connectivity index is 1.76. The van der Waals surface area contributed by atoms with Crippen molar-refractivity contribution >= 4 is 26.0 Å². The molecule has 0 saturated carbocycles. The largest absolute Gasteiger partial charge is 0.446 e. The molecule has 0 bridgehead atoms. The van der Waals surface area contributed by atoms with Crippen molar-refractivity contribution in [2.45, 2.75) is 19.3 Å². The zero-order valence-electron chi connectivity index (χ0n) is 18.0. The fourth-order valence-electron chi connectivity index (χ4n) is 2.51. The molecule has 0 atom stereocenters. The first kappa shape index (κ1) is 17.5. The van der Waals surface area contributed by atoms with Gasteiger partial charge >= 0.3 is 5.76 Å². The Labute approximate surface area is 177 Å². The third kappa shape index (κ3) is 4.62. The van der Waals surface area contributed by atoms with Gasteiger partial charge in [0.1, 0.15) is 11.5 Å². The molecule has 2 heterocycles. The van der Waals surface area contributed by atoms with Crippen molar-refractivity contribution in [2.75, 3.05) is 19.8 Å². The van der Waals surface area contributed by atoms with Crippen molar-refractivity contribution in [2.24, 2.45) is 0 Å². The van der Waals surface area contributed by atoms with Crippen LogP contribution in [0.15, 0.2) is 36.6 Å². The van der Waals surface area contributed by atoms with E-state index in [1.807, 2.05) is 0 Å². The number of unbranched alkanes of at least 4 members (excludes halogenated alkanes) is 1. The summed E-state index contributed by atoms with van der Waals surface area (Å²) in [6, 6.07) is 3.86. The highest BCUT2D eigenvalue weighted by molar-refractivity contribution is 9.10. The molecule has 0 aliphatic carbocycles. The Hall–Kier alpha value is -2.38. The van der Waals surface area contributed by atoms with Gasteiger partial charge in [0.15, 0.2) is 5.69 Å². The summed E-state index contributed by atoms with van der Waals surface area (Å²) < 4.78 is 70.4. The van der Waals surface area contributed by atoms with Gasteiger partial charge in [-0.1, -0.05) is 10.3 Å². The summed E-state index contributed by atoms with van der Waals surface area (Å²) in [5.74, 6) is -1.77. The van der Waals surface area contributed by atoms with E-state index in [0.29, 0.717) is 10.7 Å². The van der Waals surface area contributed by atoms with Gasteiger partial charge in [-0.05, 0) is 58.5 Å². The summed E-state index contributed by atoms with van der Waals surface area (Å²) in [5, 5.41) is 11.2. The molecule has 0 amide bonds. The third-order valence-electron chi connectivity index (χ3n) is 4.02. The number of nitrogens with zero attached hydrogens (tertiary/aromatic N) is 5. The summed E-state index contributed by atoms with van der Waals surface area (Å²) in [6.45, 7) is -2.76. The van der Waals surface area contributed by atoms with E-state index in [9.17, 15) is 17.6 Å². The fourth-order valence-corrected chi connectivity index (χ4v) is 3.72. The number of sulfonamides is 1. The normalized spacial score (nSPS) is 14.0. The molecule has 1 aromatic carbocycles. The molecular formula is C16H17BrFN5O5S. The highest BCUT2D eigenvalue weighted by atomic mass is 79.9. The second kappa shape index (κ2) is 8.55. The summed E-state index contributed by atoms with van der Waals surface area (Å²) in [5.41, 5.74) is 0.640. The molecule has 10 nitrogen and oxygen atoms in total. The van der Waals surface area contributed by atoms with Gasteiger partial charge < -0.3 is 0 Å². The number of halogens is 2. The quantitative estimate of drug-likeness (QED) is 0.437. The summed E-state index contributed by atoms with van der Waals surface area (Å²) in [7, 11) is -2.97. The van der Waals surface area contributed by atoms with Crippen molar-refractivity contribution in [1.82, 2.24) is 24.3 Å². The van der Waals surface area contributed by atoms with E-state index in [0.717, 1.165) is 17.7 Å². The van der Waals surface area contributed by atoms with Crippen LogP contribution in [0.25, 0.3) is 17.2 Å². The van der Waals surface area contributed by atoms with Crippen LogP contribution in [0, 0.1) is 5.82 Å². The molecule has 3 aromatic rings. The van der Waals surface area contributed by atoms with Crippen LogP contribution in [0.4, 0.5) is 4.39 Å². The van der Waals surface area contributed by atoms with E-state index in [4.69, 9.17) is 13.3 Å². The molecule has 0 aliphatic rings. The number of benzene rings is 1. The number of hydrogen-bond acceptors (Lipinski definition) is 8. The number of hydrogen-bond donors (Lipinski definition) is 0. The molecule has 0 spiro atoms. The van der Waals surface area contributed by atoms with Crippen LogP contribution in [0.5, 0.6) is 0 Å². The minimum absolute atomic E-state index is 0.0282. The van der Waals surface area contributed by atoms with Crippen LogP contribution in [-0.4, -0.2) is 52.5 Å². The van der Waals surface area contributed by atoms with Crippen molar-refractivity contribution < 1.29 is 26.1 Å². The lowest BCUT2D eigenvalue weighted by Gasteiger charge is -2.10. The molecule has 29 heavy (non-hydrogen) atoms. The highest BCUT2D eigenvalue weighted by Crippen LogP contribution is 2.24. The molecular weight excluding hydrogens is 473 g/mol. The van der Waals surface area contributed by atoms with Crippen LogP contribution in [-0.2, 0) is 16.4 Å². The van der Waals surface area contributed by atoms with E-state index in [2.05, 4.69) is 31.4 Å². The lowest BCUT2D eigenvalue weighted by Crippen LogP contribution is -2.25. The smallest absolute Gasteiger partial charge is 0.295 e. The second-order valence-electron chi connectivity index (χ2n) is 6.01. The minimum atomic E-state index is -3.96. The van der Waals surface area contributed by atoms with Crippen molar-refractivity contribution in [1.29, 1.82) is 0 Å². The molecule has 0 unspecified atom stereocenters. The second-order valence-corrected chi connectivity index (χ2v) is 8.98. The monoisotopic (exact) mass is 492 g/mol. The van der Waals surface area contributed by atoms with Gasteiger partial charge in [-0.15, -0.1) is 0 Å². The van der Waals surface area contributed by atoms with Crippen LogP contribution in [0.3, 0.4) is 0 Å². The van der Waals surface area contributed by atoms with Gasteiger partial charge in [0.05, 0.1) is 15.9 Å². The van der Waals surface area contributed by atoms with E-state index in [1.54, 1.807) is 0 Å². The molecule has 3 rings (SSSR count). The molecule has 0 saturated heterocycles. The van der Waals surface area contributed by atoms with Crippen molar-refractivity contribution in [3.8, 4) is 17.2 Å². The first-order chi connectivity index (χ1) is 14.9. The summed E-state index contributed by atoms with van der Waals surface area (Å²) in [4.78, 5) is 12.2. The van der Waals surface area contributed by atoms with Crippen molar-refractivity contribution in [3.63, 3.8) is 0 Å². The van der Waals surface area contributed by atoms with E-state index >= 15 is 0 Å². The average Bonchev–Trinajstić information content (AvgIpc) is 3.32. The fraction of sp³-hybridized carbons (Fsp3) is 0.375. The third-order valence-corrected chi connectivity index (χ3v) is 6.26. The lowest BCUT2D eigenvalue weighted by atomic mass is 10.1. The average molecular weight is 493 g/mol. The van der Waals surface area contributed by atoms with Gasteiger partial charge in [-0.3, -0.25) is 4.52 Å². The van der Waals surface area contributed by atoms with Crippen LogP contribution >= 0.6 is 15.9 Å². The zero-order chi connectivity index (χ0) is 23.7. The molecule has 156 valence electrons. The molecule has 2 aromatic heterocycles. The van der Waals surface area contributed by atoms with E-state index in [-0.39, 0.29) is 46.0 Å². The van der Waals surface area contributed by atoms with E-state index in [1.165, 1.54) is 12.1 Å². The van der Waals surface area contributed by atoms with Crippen LogP contribution in [0.2, 0.25) is 0 Å². The predicted molar refractivity (Wildman–Crippen MR) is 103 cm³/mol. The number of aryl methyl sites for hydroxylation is 1. The molecule has 0 aliphatic heterocycles. The first-order valence-electron chi connectivity index (χ1n) is 9.74. The van der Waals surface area contributed by atoms with Gasteiger partial charge in [0, 0.05) is 18.1 Å². The Bertz CT molecular complexity index is 1270. The van der Waals surface area contributed by atoms with Crippen LogP contribution in [0.1, 0.15) is 22.6 Å². The highest BCUT2D eigenvalue weighted by Gasteiger charge is 2.23. The molecule has 0 N–H and O–H groups in total. The maximum atomic E-state index is 13.6. The molecule has 0 radical (unpaired) electrons. The SMILES string of the molecule is [2H]C([2H])([2H])N(C)S(=O)(=O)CCCCc1nonc1-c1noc(=O)n1-c1ccc(F)c(Br)c1. The Morgan fingerprint density at radius 2 is 2.10 bits per heavy atom. The summed E-state index contributed by atoms with van der Waals surface area (Å²) >= 11 is 3.05. The Kier molecular flexibility index (Phi) is 5.15. The van der Waals surface area contributed by atoms with E-state index < -0.39 is 28.6 Å². The van der Waals surface area contributed by atoms with Gasteiger partial charge in [0.2, 0.25) is 15.8 Å². The van der Waals surface area contributed by atoms with Gasteiger partial charge in [0.25, 0.3) is 0 Å². The lowest BCUT2D eigenvalue weighted by molar-refractivity contribution is 0.303. The minimum Gasteiger partial charge on any atom is -0.295 e. The zero-order valence-corrected chi connectivity index (χ0v) is 17.4. The Morgan fingerprint density at radius 3 is 2.83 bits per heavy atom. The van der Waals surface area contributed by atoms with Crippen molar-refractivity contribution in [3.05, 3.63) is 44.7 Å². The molecule has 13 heteroatoms. The summed E-state index contributed by atoms with van der Waals surface area (Å²) in [6.07, 6.45) is 0.658. The first-order valence-corrected chi connectivity index (χ1v) is 10.6. The van der Waals surface area contributed by atoms with Gasteiger partial charge in [-0.2, -0.15) is 0 Å². The standard InChI is InChI=1S/C16H17BrFN5O5S/c1-22(2)29(25,26)8-4-3-5-13-14(20-28-19-13)15-21-27-16(24)23(15)10-6-7-12(18)11(17)9-10/h6-7,9H,3-5,8H2,1-2H3/i1D3. The van der Waals surface area contributed by atoms with Crippen LogP contribution < -0.4 is 5.76 Å². The number of rotatable bonds is 8. The number of aromatic nitrogens is 4. The van der Waals surface area contributed by atoms with Gasteiger partial charge in [-0.25, -0.2) is 31.1 Å². The predicted octanol–water partition coefficient (Wildman–Crippen LogP) is 1.99. The topological polar surface area (TPSA) is 124 Å². The molecule has 0 fully saturated rings. The maximum absolute atomic E-state index is 13.6. The Morgan fingerprint density at radius 1 is 1.31 bits per heavy atom. The maximum Gasteiger partial charge on any atom is 0.446 e.